The van der Waals surface area contributed by atoms with E-state index in [4.69, 9.17) is 0 Å². The zero-order valence-corrected chi connectivity index (χ0v) is 18.8. The van der Waals surface area contributed by atoms with E-state index < -0.39 is 0 Å². The number of para-hydroxylation sites is 1. The molecule has 3 rings (SSSR count). The highest BCUT2D eigenvalue weighted by molar-refractivity contribution is 5.96. The Morgan fingerprint density at radius 3 is 2.50 bits per heavy atom. The van der Waals surface area contributed by atoms with E-state index in [0.717, 1.165) is 48.3 Å². The van der Waals surface area contributed by atoms with Gasteiger partial charge in [-0.3, -0.25) is 9.59 Å². The molecule has 0 aromatic heterocycles. The van der Waals surface area contributed by atoms with Gasteiger partial charge in [-0.15, -0.1) is 12.4 Å². The maximum absolute atomic E-state index is 13.0. The van der Waals surface area contributed by atoms with Crippen LogP contribution in [-0.2, 0) is 11.3 Å². The number of anilines is 1. The van der Waals surface area contributed by atoms with Crippen LogP contribution in [0.3, 0.4) is 0 Å². The SMILES string of the molecule is CCNCc1ccccc1NC(=O)C1CCCN(C(=O)c2cc(C)cc(C)c2)C1.Cl. The van der Waals surface area contributed by atoms with E-state index in [9.17, 15) is 9.59 Å². The van der Waals surface area contributed by atoms with Crippen LogP contribution in [0.25, 0.3) is 0 Å². The number of hydrogen-bond donors (Lipinski definition) is 2. The Kier molecular flexibility index (Phi) is 8.88. The molecule has 0 aliphatic carbocycles. The van der Waals surface area contributed by atoms with Crippen LogP contribution in [0, 0.1) is 19.8 Å². The van der Waals surface area contributed by atoms with Crippen LogP contribution in [-0.4, -0.2) is 36.3 Å². The molecule has 1 unspecified atom stereocenters. The summed E-state index contributed by atoms with van der Waals surface area (Å²) in [5.74, 6) is -0.181. The van der Waals surface area contributed by atoms with E-state index in [0.29, 0.717) is 18.7 Å². The lowest BCUT2D eigenvalue weighted by Gasteiger charge is -2.32. The number of amides is 2. The average Bonchev–Trinajstić information content (AvgIpc) is 2.72. The highest BCUT2D eigenvalue weighted by atomic mass is 35.5. The van der Waals surface area contributed by atoms with Gasteiger partial charge in [0.05, 0.1) is 5.92 Å². The molecule has 1 atom stereocenters. The predicted molar refractivity (Wildman–Crippen MR) is 124 cm³/mol. The van der Waals surface area contributed by atoms with Crippen LogP contribution in [0.2, 0.25) is 0 Å². The maximum atomic E-state index is 13.0. The highest BCUT2D eigenvalue weighted by Crippen LogP contribution is 2.23. The number of nitrogens with zero attached hydrogens (tertiary/aromatic N) is 1. The molecule has 2 amide bonds. The van der Waals surface area contributed by atoms with Crippen molar-refractivity contribution in [3.8, 4) is 0 Å². The molecule has 1 aliphatic rings. The van der Waals surface area contributed by atoms with Crippen molar-refractivity contribution >= 4 is 29.9 Å². The van der Waals surface area contributed by atoms with E-state index in [1.165, 1.54) is 0 Å². The monoisotopic (exact) mass is 429 g/mol. The van der Waals surface area contributed by atoms with E-state index in [1.807, 2.05) is 55.1 Å². The van der Waals surface area contributed by atoms with Crippen molar-refractivity contribution in [2.75, 3.05) is 25.0 Å². The third kappa shape index (κ3) is 6.07. The Morgan fingerprint density at radius 2 is 1.80 bits per heavy atom. The van der Waals surface area contributed by atoms with Crippen molar-refractivity contribution in [3.63, 3.8) is 0 Å². The second kappa shape index (κ2) is 11.1. The van der Waals surface area contributed by atoms with Crippen molar-refractivity contribution in [2.24, 2.45) is 5.92 Å². The van der Waals surface area contributed by atoms with E-state index in [2.05, 4.69) is 23.6 Å². The van der Waals surface area contributed by atoms with Crippen LogP contribution in [0.5, 0.6) is 0 Å². The third-order valence-electron chi connectivity index (χ3n) is 5.39. The second-order valence-electron chi connectivity index (χ2n) is 7.89. The number of carbonyl (C=O) groups excluding carboxylic acids is 2. The smallest absolute Gasteiger partial charge is 0.253 e. The molecule has 0 radical (unpaired) electrons. The van der Waals surface area contributed by atoms with E-state index in [1.54, 1.807) is 0 Å². The summed E-state index contributed by atoms with van der Waals surface area (Å²) in [7, 11) is 0. The fourth-order valence-corrected chi connectivity index (χ4v) is 3.95. The van der Waals surface area contributed by atoms with Gasteiger partial charge >= 0.3 is 0 Å². The highest BCUT2D eigenvalue weighted by Gasteiger charge is 2.29. The normalized spacial score (nSPS) is 16.0. The van der Waals surface area contributed by atoms with Crippen molar-refractivity contribution in [3.05, 3.63) is 64.7 Å². The molecule has 1 fully saturated rings. The third-order valence-corrected chi connectivity index (χ3v) is 5.39. The molecule has 0 spiro atoms. The van der Waals surface area contributed by atoms with Gasteiger partial charge in [-0.2, -0.15) is 0 Å². The molecule has 0 bridgehead atoms. The topological polar surface area (TPSA) is 61.4 Å². The number of piperidine rings is 1. The molecule has 2 aromatic carbocycles. The quantitative estimate of drug-likeness (QED) is 0.718. The molecule has 1 aliphatic heterocycles. The maximum Gasteiger partial charge on any atom is 0.253 e. The molecule has 1 saturated heterocycles. The van der Waals surface area contributed by atoms with Gasteiger partial charge in [-0.05, 0) is 57.0 Å². The molecular weight excluding hydrogens is 398 g/mol. The number of hydrogen-bond acceptors (Lipinski definition) is 3. The summed E-state index contributed by atoms with van der Waals surface area (Å²) in [6.07, 6.45) is 1.64. The van der Waals surface area contributed by atoms with Crippen molar-refractivity contribution in [1.29, 1.82) is 0 Å². The molecule has 6 heteroatoms. The first-order chi connectivity index (χ1) is 14.0. The molecule has 0 saturated carbocycles. The minimum atomic E-state index is -0.189. The Bertz CT molecular complexity index is 864. The van der Waals surface area contributed by atoms with Gasteiger partial charge in [0.2, 0.25) is 5.91 Å². The molecule has 2 N–H and O–H groups in total. The minimum absolute atomic E-state index is 0. The van der Waals surface area contributed by atoms with Crippen molar-refractivity contribution < 1.29 is 9.59 Å². The van der Waals surface area contributed by atoms with E-state index >= 15 is 0 Å². The number of benzene rings is 2. The molecule has 5 nitrogen and oxygen atoms in total. The molecule has 162 valence electrons. The Hall–Kier alpha value is -2.37. The number of rotatable bonds is 6. The van der Waals surface area contributed by atoms with Crippen LogP contribution in [0.4, 0.5) is 5.69 Å². The van der Waals surface area contributed by atoms with Gasteiger partial charge in [0, 0.05) is 30.9 Å². The Morgan fingerprint density at radius 1 is 1.10 bits per heavy atom. The number of halogens is 1. The van der Waals surface area contributed by atoms with Gasteiger partial charge in [-0.1, -0.05) is 42.3 Å². The lowest BCUT2D eigenvalue weighted by atomic mass is 9.95. The lowest BCUT2D eigenvalue weighted by Crippen LogP contribution is -2.43. The molecule has 2 aromatic rings. The summed E-state index contributed by atoms with van der Waals surface area (Å²) in [5, 5.41) is 6.39. The van der Waals surface area contributed by atoms with Gasteiger partial charge in [0.1, 0.15) is 0 Å². The second-order valence-corrected chi connectivity index (χ2v) is 7.89. The van der Waals surface area contributed by atoms with Gasteiger partial charge in [0.25, 0.3) is 5.91 Å². The number of nitrogens with one attached hydrogen (secondary N) is 2. The summed E-state index contributed by atoms with van der Waals surface area (Å²) < 4.78 is 0. The van der Waals surface area contributed by atoms with Gasteiger partial charge < -0.3 is 15.5 Å². The summed E-state index contributed by atoms with van der Waals surface area (Å²) in [6.45, 7) is 8.82. The number of aryl methyl sites for hydroxylation is 2. The predicted octanol–water partition coefficient (Wildman–Crippen LogP) is 4.33. The molecule has 30 heavy (non-hydrogen) atoms. The van der Waals surface area contributed by atoms with Gasteiger partial charge in [0.15, 0.2) is 0 Å². The van der Waals surface area contributed by atoms with Crippen LogP contribution >= 0.6 is 12.4 Å². The van der Waals surface area contributed by atoms with Gasteiger partial charge in [-0.25, -0.2) is 0 Å². The summed E-state index contributed by atoms with van der Waals surface area (Å²) in [4.78, 5) is 27.8. The summed E-state index contributed by atoms with van der Waals surface area (Å²) >= 11 is 0. The van der Waals surface area contributed by atoms with Crippen LogP contribution in [0.15, 0.2) is 42.5 Å². The van der Waals surface area contributed by atoms with Crippen molar-refractivity contribution in [1.82, 2.24) is 10.2 Å². The fourth-order valence-electron chi connectivity index (χ4n) is 3.95. The first-order valence-electron chi connectivity index (χ1n) is 10.4. The summed E-state index contributed by atoms with van der Waals surface area (Å²) in [6, 6.07) is 13.8. The molecule has 1 heterocycles. The molecular formula is C24H32ClN3O2. The Balaban J connectivity index is 0.00000320. The summed E-state index contributed by atoms with van der Waals surface area (Å²) in [5.41, 5.74) is 4.78. The first-order valence-corrected chi connectivity index (χ1v) is 10.4. The lowest BCUT2D eigenvalue weighted by molar-refractivity contribution is -0.121. The first kappa shape index (κ1) is 23.9. The van der Waals surface area contributed by atoms with Crippen LogP contribution < -0.4 is 10.6 Å². The number of carbonyl (C=O) groups is 2. The zero-order chi connectivity index (χ0) is 20.8. The largest absolute Gasteiger partial charge is 0.338 e. The van der Waals surface area contributed by atoms with E-state index in [-0.39, 0.29) is 30.1 Å². The van der Waals surface area contributed by atoms with Crippen LogP contribution in [0.1, 0.15) is 46.8 Å². The number of likely N-dealkylation sites (tertiary alicyclic amines) is 1. The fraction of sp³-hybridized carbons (Fsp3) is 0.417. The zero-order valence-electron chi connectivity index (χ0n) is 18.0. The average molecular weight is 430 g/mol. The minimum Gasteiger partial charge on any atom is -0.338 e. The van der Waals surface area contributed by atoms with Crippen molar-refractivity contribution in [2.45, 2.75) is 40.2 Å². The Labute approximate surface area is 185 Å². The standard InChI is InChI=1S/C24H31N3O2.ClH/c1-4-25-15-19-8-5-6-10-22(19)26-23(28)20-9-7-11-27(16-20)24(29)21-13-17(2)12-18(3)14-21;/h5-6,8,10,12-14,20,25H,4,7,9,11,15-16H2,1-3H3,(H,26,28);1H.